The largest absolute Gasteiger partial charge is 0.337 e. The minimum absolute atomic E-state index is 0.332. The van der Waals surface area contributed by atoms with E-state index in [0.29, 0.717) is 12.1 Å². The van der Waals surface area contributed by atoms with Crippen LogP contribution in [0.3, 0.4) is 0 Å². The maximum atomic E-state index is 4.39. The number of imidazole rings is 1. The van der Waals surface area contributed by atoms with Crippen LogP contribution < -0.4 is 5.32 Å². The Morgan fingerprint density at radius 1 is 1.44 bits per heavy atom. The third-order valence-electron chi connectivity index (χ3n) is 4.01. The number of rotatable bonds is 5. The minimum atomic E-state index is 0.332. The number of aryl methyl sites for hydroxylation is 1. The van der Waals surface area contributed by atoms with Crippen LogP contribution in [0.4, 0.5) is 0 Å². The van der Waals surface area contributed by atoms with Gasteiger partial charge in [0.2, 0.25) is 0 Å². The van der Waals surface area contributed by atoms with Crippen molar-refractivity contribution in [2.45, 2.75) is 39.3 Å². The van der Waals surface area contributed by atoms with E-state index in [0.717, 1.165) is 18.3 Å². The molecule has 1 aliphatic heterocycles. The Morgan fingerprint density at radius 2 is 2.22 bits per heavy atom. The van der Waals surface area contributed by atoms with E-state index in [1.807, 2.05) is 12.4 Å². The summed E-state index contributed by atoms with van der Waals surface area (Å²) in [7, 11) is 2.05. The number of nitrogens with zero attached hydrogens (tertiary/aromatic N) is 3. The first-order valence-corrected chi connectivity index (χ1v) is 7.02. The van der Waals surface area contributed by atoms with Crippen molar-refractivity contribution in [1.29, 1.82) is 0 Å². The van der Waals surface area contributed by atoms with E-state index in [2.05, 4.69) is 47.6 Å². The molecule has 1 aromatic heterocycles. The highest BCUT2D eigenvalue weighted by atomic mass is 15.2. The summed E-state index contributed by atoms with van der Waals surface area (Å²) in [6, 6.07) is 1.01. The number of likely N-dealkylation sites (tertiary alicyclic amines) is 1. The SMILES string of the molecule is CC(NCC1CCN(C(C)C)C1)c1nccn1C. The highest BCUT2D eigenvalue weighted by Gasteiger charge is 2.24. The number of aromatic nitrogens is 2. The summed E-state index contributed by atoms with van der Waals surface area (Å²) in [5.41, 5.74) is 0. The van der Waals surface area contributed by atoms with E-state index in [1.165, 1.54) is 19.5 Å². The molecule has 4 heteroatoms. The van der Waals surface area contributed by atoms with Crippen molar-refractivity contribution < 1.29 is 0 Å². The van der Waals surface area contributed by atoms with Crippen LogP contribution >= 0.6 is 0 Å². The summed E-state index contributed by atoms with van der Waals surface area (Å²) in [6.07, 6.45) is 5.19. The average Bonchev–Trinajstić information content (AvgIpc) is 2.94. The zero-order chi connectivity index (χ0) is 13.1. The number of hydrogen-bond donors (Lipinski definition) is 1. The van der Waals surface area contributed by atoms with Gasteiger partial charge in [0.1, 0.15) is 5.82 Å². The van der Waals surface area contributed by atoms with E-state index < -0.39 is 0 Å². The summed E-state index contributed by atoms with van der Waals surface area (Å²) >= 11 is 0. The molecule has 2 heterocycles. The predicted octanol–water partition coefficient (Wildman–Crippen LogP) is 1.80. The fraction of sp³-hybridized carbons (Fsp3) is 0.786. The molecule has 2 rings (SSSR count). The van der Waals surface area contributed by atoms with E-state index in [9.17, 15) is 0 Å². The monoisotopic (exact) mass is 250 g/mol. The third-order valence-corrected chi connectivity index (χ3v) is 4.01. The molecule has 102 valence electrons. The predicted molar refractivity (Wildman–Crippen MR) is 74.4 cm³/mol. The van der Waals surface area contributed by atoms with E-state index in [1.54, 1.807) is 0 Å². The van der Waals surface area contributed by atoms with Gasteiger partial charge in [-0.05, 0) is 46.2 Å². The van der Waals surface area contributed by atoms with Gasteiger partial charge in [-0.3, -0.25) is 0 Å². The number of nitrogens with one attached hydrogen (secondary N) is 1. The lowest BCUT2D eigenvalue weighted by atomic mass is 10.1. The van der Waals surface area contributed by atoms with Crippen molar-refractivity contribution in [1.82, 2.24) is 19.8 Å². The Balaban J connectivity index is 1.77. The molecule has 2 unspecified atom stereocenters. The molecule has 0 amide bonds. The van der Waals surface area contributed by atoms with Crippen molar-refractivity contribution >= 4 is 0 Å². The van der Waals surface area contributed by atoms with Crippen molar-refractivity contribution in [3.63, 3.8) is 0 Å². The Bertz CT molecular complexity index is 372. The Kier molecular flexibility index (Phi) is 4.40. The van der Waals surface area contributed by atoms with Crippen molar-refractivity contribution in [2.24, 2.45) is 13.0 Å². The lowest BCUT2D eigenvalue weighted by molar-refractivity contribution is 0.262. The molecule has 1 aliphatic rings. The van der Waals surface area contributed by atoms with E-state index in [4.69, 9.17) is 0 Å². The van der Waals surface area contributed by atoms with Crippen molar-refractivity contribution in [2.75, 3.05) is 19.6 Å². The quantitative estimate of drug-likeness (QED) is 0.865. The lowest BCUT2D eigenvalue weighted by Crippen LogP contribution is -2.32. The van der Waals surface area contributed by atoms with Crippen LogP contribution in [0, 0.1) is 5.92 Å². The summed E-state index contributed by atoms with van der Waals surface area (Å²) in [5.74, 6) is 1.91. The molecule has 1 N–H and O–H groups in total. The molecule has 1 fully saturated rings. The second kappa shape index (κ2) is 5.85. The Morgan fingerprint density at radius 3 is 2.78 bits per heavy atom. The standard InChI is InChI=1S/C14H26N4/c1-11(2)18-7-5-13(10-18)9-16-12(3)14-15-6-8-17(14)4/h6,8,11-13,16H,5,7,9-10H2,1-4H3. The normalized spacial score (nSPS) is 22.8. The summed E-state index contributed by atoms with van der Waals surface area (Å²) < 4.78 is 2.09. The van der Waals surface area contributed by atoms with Crippen LogP contribution in [-0.4, -0.2) is 40.1 Å². The lowest BCUT2D eigenvalue weighted by Gasteiger charge is -2.21. The number of hydrogen-bond acceptors (Lipinski definition) is 3. The van der Waals surface area contributed by atoms with Crippen LogP contribution in [0.25, 0.3) is 0 Å². The molecule has 0 bridgehead atoms. The van der Waals surface area contributed by atoms with E-state index >= 15 is 0 Å². The molecule has 1 saturated heterocycles. The van der Waals surface area contributed by atoms with Crippen molar-refractivity contribution in [3.05, 3.63) is 18.2 Å². The Labute approximate surface area is 110 Å². The molecule has 0 spiro atoms. The topological polar surface area (TPSA) is 33.1 Å². The average molecular weight is 250 g/mol. The van der Waals surface area contributed by atoms with Crippen LogP contribution in [-0.2, 0) is 7.05 Å². The Hall–Kier alpha value is -0.870. The van der Waals surface area contributed by atoms with E-state index in [-0.39, 0.29) is 0 Å². The van der Waals surface area contributed by atoms with Gasteiger partial charge < -0.3 is 14.8 Å². The van der Waals surface area contributed by atoms with Crippen LogP contribution in [0.15, 0.2) is 12.4 Å². The first-order chi connectivity index (χ1) is 8.58. The second-order valence-electron chi connectivity index (χ2n) is 5.77. The van der Waals surface area contributed by atoms with Gasteiger partial charge in [-0.25, -0.2) is 4.98 Å². The molecule has 0 aromatic carbocycles. The first-order valence-electron chi connectivity index (χ1n) is 7.02. The maximum absolute atomic E-state index is 4.39. The van der Waals surface area contributed by atoms with Gasteiger partial charge in [0.15, 0.2) is 0 Å². The zero-order valence-corrected chi connectivity index (χ0v) is 12.1. The molecule has 0 radical (unpaired) electrons. The van der Waals surface area contributed by atoms with Gasteiger partial charge in [0.25, 0.3) is 0 Å². The molecule has 18 heavy (non-hydrogen) atoms. The minimum Gasteiger partial charge on any atom is -0.337 e. The molecule has 1 aromatic rings. The molecule has 4 nitrogen and oxygen atoms in total. The summed E-state index contributed by atoms with van der Waals surface area (Å²) in [4.78, 5) is 6.96. The molecule has 2 atom stereocenters. The second-order valence-corrected chi connectivity index (χ2v) is 5.77. The summed E-state index contributed by atoms with van der Waals surface area (Å²) in [6.45, 7) is 10.3. The van der Waals surface area contributed by atoms with Crippen LogP contribution in [0.5, 0.6) is 0 Å². The zero-order valence-electron chi connectivity index (χ0n) is 12.1. The van der Waals surface area contributed by atoms with Gasteiger partial charge in [-0.2, -0.15) is 0 Å². The van der Waals surface area contributed by atoms with Gasteiger partial charge in [0, 0.05) is 32.0 Å². The smallest absolute Gasteiger partial charge is 0.125 e. The van der Waals surface area contributed by atoms with Crippen LogP contribution in [0.2, 0.25) is 0 Å². The van der Waals surface area contributed by atoms with Gasteiger partial charge in [-0.15, -0.1) is 0 Å². The molecule has 0 saturated carbocycles. The highest BCUT2D eigenvalue weighted by Crippen LogP contribution is 2.19. The molecule has 0 aliphatic carbocycles. The fourth-order valence-electron chi connectivity index (χ4n) is 2.73. The van der Waals surface area contributed by atoms with Gasteiger partial charge >= 0.3 is 0 Å². The molecular formula is C14H26N4. The van der Waals surface area contributed by atoms with Crippen LogP contribution in [0.1, 0.15) is 39.1 Å². The third kappa shape index (κ3) is 3.12. The molecular weight excluding hydrogens is 224 g/mol. The van der Waals surface area contributed by atoms with Gasteiger partial charge in [-0.1, -0.05) is 0 Å². The van der Waals surface area contributed by atoms with Crippen molar-refractivity contribution in [3.8, 4) is 0 Å². The van der Waals surface area contributed by atoms with Gasteiger partial charge in [0.05, 0.1) is 6.04 Å². The summed E-state index contributed by atoms with van der Waals surface area (Å²) in [5, 5.41) is 3.62. The highest BCUT2D eigenvalue weighted by molar-refractivity contribution is 4.97. The first kappa shape index (κ1) is 13.6. The maximum Gasteiger partial charge on any atom is 0.125 e. The fourth-order valence-corrected chi connectivity index (χ4v) is 2.73.